The lowest BCUT2D eigenvalue weighted by Gasteiger charge is -2.29. The molecule has 1 aliphatic carbocycles. The summed E-state index contributed by atoms with van der Waals surface area (Å²) in [7, 11) is 0. The minimum absolute atomic E-state index is 0.00876. The molecule has 1 aromatic carbocycles. The van der Waals surface area contributed by atoms with Gasteiger partial charge in [0.2, 0.25) is 0 Å². The Morgan fingerprint density at radius 3 is 2.74 bits per heavy atom. The number of carbonyl (C=O) groups excluding carboxylic acids is 2. The highest BCUT2D eigenvalue weighted by Crippen LogP contribution is 2.34. The number of carbonyl (C=O) groups is 2. The number of benzene rings is 1. The smallest absolute Gasteiger partial charge is 0.261 e. The van der Waals surface area contributed by atoms with Crippen LogP contribution in [0.25, 0.3) is 5.65 Å². The summed E-state index contributed by atoms with van der Waals surface area (Å²) < 4.78 is 28.3. The van der Waals surface area contributed by atoms with Gasteiger partial charge in [-0.05, 0) is 24.0 Å². The van der Waals surface area contributed by atoms with Gasteiger partial charge < -0.3 is 5.32 Å². The zero-order valence-corrected chi connectivity index (χ0v) is 14.7. The quantitative estimate of drug-likeness (QED) is 0.750. The van der Waals surface area contributed by atoms with Gasteiger partial charge in [0.15, 0.2) is 11.4 Å². The Bertz CT molecular complexity index is 1100. The normalized spacial score (nSPS) is 15.6. The summed E-state index contributed by atoms with van der Waals surface area (Å²) in [6.45, 7) is 3.99. The van der Waals surface area contributed by atoms with Gasteiger partial charge in [-0.1, -0.05) is 13.8 Å². The molecule has 4 rings (SSSR count). The predicted molar refractivity (Wildman–Crippen MR) is 93.7 cm³/mol. The Morgan fingerprint density at radius 1 is 1.22 bits per heavy atom. The van der Waals surface area contributed by atoms with E-state index in [0.29, 0.717) is 30.2 Å². The number of hydrogen-bond donors (Lipinski definition) is 1. The van der Waals surface area contributed by atoms with E-state index in [2.05, 4.69) is 15.4 Å². The minimum atomic E-state index is -0.877. The molecule has 1 aliphatic rings. The van der Waals surface area contributed by atoms with Crippen LogP contribution >= 0.6 is 0 Å². The van der Waals surface area contributed by atoms with Gasteiger partial charge in [0.05, 0.1) is 23.1 Å². The Labute approximate surface area is 153 Å². The highest BCUT2D eigenvalue weighted by molar-refractivity contribution is 6.08. The van der Waals surface area contributed by atoms with Crippen LogP contribution in [0, 0.1) is 17.0 Å². The van der Waals surface area contributed by atoms with E-state index in [-0.39, 0.29) is 28.1 Å². The highest BCUT2D eigenvalue weighted by Gasteiger charge is 2.33. The van der Waals surface area contributed by atoms with E-state index in [1.807, 2.05) is 13.8 Å². The van der Waals surface area contributed by atoms with Gasteiger partial charge in [-0.15, -0.1) is 0 Å². The number of nitrogens with zero attached hydrogens (tertiary/aromatic N) is 3. The van der Waals surface area contributed by atoms with Crippen LogP contribution < -0.4 is 5.32 Å². The molecular formula is C19H16F2N4O2. The van der Waals surface area contributed by atoms with Crippen molar-refractivity contribution >= 4 is 23.0 Å². The van der Waals surface area contributed by atoms with E-state index in [0.717, 1.165) is 12.1 Å². The van der Waals surface area contributed by atoms with E-state index in [9.17, 15) is 18.4 Å². The zero-order chi connectivity index (χ0) is 19.3. The number of ketones is 1. The molecule has 0 unspecified atom stereocenters. The summed E-state index contributed by atoms with van der Waals surface area (Å²) in [4.78, 5) is 29.1. The molecule has 138 valence electrons. The molecule has 3 aromatic rings. The molecule has 2 heterocycles. The van der Waals surface area contributed by atoms with Crippen molar-refractivity contribution in [3.05, 3.63) is 59.0 Å². The standard InChI is InChI=1S/C19H16F2N4O2/c1-19(2)6-15-11(16(26)7-19)8-22-17-12(9-23-25(15)17)18(27)24-14-4-3-10(20)5-13(14)21/h3-5,8-9H,6-7H2,1-2H3,(H,24,27). The van der Waals surface area contributed by atoms with E-state index in [1.165, 1.54) is 16.9 Å². The number of halogens is 2. The fraction of sp³-hybridized carbons (Fsp3) is 0.263. The molecule has 0 saturated heterocycles. The predicted octanol–water partition coefficient (Wildman–Crippen LogP) is 3.41. The number of amides is 1. The van der Waals surface area contributed by atoms with E-state index < -0.39 is 17.5 Å². The van der Waals surface area contributed by atoms with Crippen molar-refractivity contribution in [1.29, 1.82) is 0 Å². The molecule has 0 saturated carbocycles. The maximum absolute atomic E-state index is 13.8. The molecule has 0 fully saturated rings. The number of Topliss-reactive ketones (excluding diaryl/α,β-unsaturated/α-hetero) is 1. The molecule has 1 amide bonds. The number of hydrogen-bond acceptors (Lipinski definition) is 4. The average Bonchev–Trinajstić information content (AvgIpc) is 3.01. The van der Waals surface area contributed by atoms with Gasteiger partial charge in [0, 0.05) is 18.7 Å². The molecule has 1 N–H and O–H groups in total. The van der Waals surface area contributed by atoms with E-state index in [4.69, 9.17) is 0 Å². The van der Waals surface area contributed by atoms with E-state index >= 15 is 0 Å². The molecule has 0 bridgehead atoms. The molecule has 0 spiro atoms. The SMILES string of the molecule is CC1(C)CC(=O)c2cnc3c(C(=O)Nc4ccc(F)cc4F)cnn3c2C1. The molecule has 6 nitrogen and oxygen atoms in total. The second-order valence-electron chi connectivity index (χ2n) is 7.43. The third kappa shape index (κ3) is 2.97. The lowest BCUT2D eigenvalue weighted by molar-refractivity contribution is 0.0908. The summed E-state index contributed by atoms with van der Waals surface area (Å²) in [5.41, 5.74) is 1.26. The Kier molecular flexibility index (Phi) is 3.80. The Hall–Kier alpha value is -3.16. The third-order valence-corrected chi connectivity index (χ3v) is 4.64. The van der Waals surface area contributed by atoms with Gasteiger partial charge in [-0.3, -0.25) is 9.59 Å². The summed E-state index contributed by atoms with van der Waals surface area (Å²) >= 11 is 0. The number of nitrogens with one attached hydrogen (secondary N) is 1. The average molecular weight is 370 g/mol. The number of fused-ring (bicyclic) bond motifs is 3. The summed E-state index contributed by atoms with van der Waals surface area (Å²) in [5.74, 6) is -2.24. The van der Waals surface area contributed by atoms with Gasteiger partial charge in [0.1, 0.15) is 17.2 Å². The first kappa shape index (κ1) is 17.3. The van der Waals surface area contributed by atoms with Crippen molar-refractivity contribution in [1.82, 2.24) is 14.6 Å². The highest BCUT2D eigenvalue weighted by atomic mass is 19.1. The van der Waals surface area contributed by atoms with Crippen molar-refractivity contribution < 1.29 is 18.4 Å². The lowest BCUT2D eigenvalue weighted by Crippen LogP contribution is -2.29. The van der Waals surface area contributed by atoms with Crippen LogP contribution in [-0.2, 0) is 6.42 Å². The number of rotatable bonds is 2. The summed E-state index contributed by atoms with van der Waals surface area (Å²) in [6.07, 6.45) is 3.82. The fourth-order valence-corrected chi connectivity index (χ4v) is 3.37. The van der Waals surface area contributed by atoms with Crippen LogP contribution in [0.4, 0.5) is 14.5 Å². The largest absolute Gasteiger partial charge is 0.319 e. The topological polar surface area (TPSA) is 76.4 Å². The number of anilines is 1. The maximum Gasteiger partial charge on any atom is 0.261 e. The molecule has 2 aromatic heterocycles. The van der Waals surface area contributed by atoms with Crippen molar-refractivity contribution in [2.45, 2.75) is 26.7 Å². The molecule has 0 atom stereocenters. The third-order valence-electron chi connectivity index (χ3n) is 4.64. The Morgan fingerprint density at radius 2 is 2.00 bits per heavy atom. The van der Waals surface area contributed by atoms with Crippen LogP contribution in [0.2, 0.25) is 0 Å². The van der Waals surface area contributed by atoms with Crippen molar-refractivity contribution in [2.75, 3.05) is 5.32 Å². The second kappa shape index (κ2) is 5.94. The summed E-state index contributed by atoms with van der Waals surface area (Å²) in [5, 5.41) is 6.61. The second-order valence-corrected chi connectivity index (χ2v) is 7.43. The maximum atomic E-state index is 13.8. The van der Waals surface area contributed by atoms with Crippen molar-refractivity contribution in [2.24, 2.45) is 5.41 Å². The van der Waals surface area contributed by atoms with Crippen LogP contribution in [0.5, 0.6) is 0 Å². The first-order valence-corrected chi connectivity index (χ1v) is 8.40. The van der Waals surface area contributed by atoms with Gasteiger partial charge in [-0.2, -0.15) is 5.10 Å². The molecular weight excluding hydrogens is 354 g/mol. The van der Waals surface area contributed by atoms with Crippen LogP contribution in [0.3, 0.4) is 0 Å². The van der Waals surface area contributed by atoms with Gasteiger partial charge in [0.25, 0.3) is 5.91 Å². The summed E-state index contributed by atoms with van der Waals surface area (Å²) in [6, 6.07) is 2.88. The van der Waals surface area contributed by atoms with Gasteiger partial charge >= 0.3 is 0 Å². The first-order chi connectivity index (χ1) is 12.7. The molecule has 0 aliphatic heterocycles. The zero-order valence-electron chi connectivity index (χ0n) is 14.7. The van der Waals surface area contributed by atoms with Crippen LogP contribution in [0.15, 0.2) is 30.6 Å². The fourth-order valence-electron chi connectivity index (χ4n) is 3.37. The Balaban J connectivity index is 1.74. The van der Waals surface area contributed by atoms with Crippen LogP contribution in [-0.4, -0.2) is 26.3 Å². The lowest BCUT2D eigenvalue weighted by atomic mass is 9.76. The molecule has 8 heteroatoms. The van der Waals surface area contributed by atoms with Crippen LogP contribution in [0.1, 0.15) is 46.7 Å². The molecule has 0 radical (unpaired) electrons. The van der Waals surface area contributed by atoms with Gasteiger partial charge in [-0.25, -0.2) is 18.3 Å². The monoisotopic (exact) mass is 370 g/mol. The van der Waals surface area contributed by atoms with Crippen molar-refractivity contribution in [3.8, 4) is 0 Å². The molecule has 27 heavy (non-hydrogen) atoms. The first-order valence-electron chi connectivity index (χ1n) is 8.40. The number of aromatic nitrogens is 3. The minimum Gasteiger partial charge on any atom is -0.319 e. The van der Waals surface area contributed by atoms with E-state index in [1.54, 1.807) is 0 Å². The van der Waals surface area contributed by atoms with Crippen molar-refractivity contribution in [3.63, 3.8) is 0 Å².